The maximum Gasteiger partial charge on any atom is -1.00 e. The van der Waals surface area contributed by atoms with E-state index in [0.717, 1.165) is 3.67 Å². The minimum absolute atomic E-state index is 0. The summed E-state index contributed by atoms with van der Waals surface area (Å²) in [5.41, 5.74) is 4.87. The van der Waals surface area contributed by atoms with Gasteiger partial charge in [-0.15, -0.1) is 0 Å². The normalized spacial score (nSPS) is 27.5. The molecule has 3 atom stereocenters. The standard InChI is InChI=1S/C9H7.C8H11P2.2FH.Hf/c1-2-5-9-7-3-6-8(9)4-1;1-9-6-7-4-3-5-8(7)10(9)2;;;/h1-7H;4H,3,6H2,1-2H3;2*1H;/q;;;;+2/p-2. The Morgan fingerprint density at radius 1 is 1.14 bits per heavy atom. The fourth-order valence-corrected chi connectivity index (χ4v) is 17.5. The van der Waals surface area contributed by atoms with Crippen molar-refractivity contribution in [3.05, 3.63) is 61.8 Å². The van der Waals surface area contributed by atoms with Crippen molar-refractivity contribution in [2.24, 2.45) is 0 Å². The van der Waals surface area contributed by atoms with Gasteiger partial charge in [0.25, 0.3) is 0 Å². The number of benzene rings is 1. The average Bonchev–Trinajstić information content (AvgIpc) is 3.10. The molecule has 5 heteroatoms. The van der Waals surface area contributed by atoms with Crippen molar-refractivity contribution in [3.63, 3.8) is 0 Å². The Kier molecular flexibility index (Phi) is 6.08. The second-order valence-electron chi connectivity index (χ2n) is 5.71. The third kappa shape index (κ3) is 3.02. The quantitative estimate of drug-likeness (QED) is 0.381. The third-order valence-corrected chi connectivity index (χ3v) is 18.2. The zero-order valence-electron chi connectivity index (χ0n) is 12.7. The molecule has 22 heavy (non-hydrogen) atoms. The minimum atomic E-state index is -0.754. The van der Waals surface area contributed by atoms with E-state index in [4.69, 9.17) is 0 Å². The van der Waals surface area contributed by atoms with E-state index in [0.29, 0.717) is 7.61 Å². The van der Waals surface area contributed by atoms with Gasteiger partial charge in [-0.05, 0) is 0 Å². The van der Waals surface area contributed by atoms with Crippen LogP contribution >= 0.6 is 15.2 Å². The van der Waals surface area contributed by atoms with Crippen LogP contribution in [0.1, 0.15) is 21.2 Å². The van der Waals surface area contributed by atoms with Crippen LogP contribution in [-0.2, 0) is 22.9 Å². The Balaban J connectivity index is 0.000000882. The molecule has 1 aliphatic heterocycles. The first kappa shape index (κ1) is 18.4. The molecule has 0 spiro atoms. The maximum atomic E-state index is 2.58. The Bertz CT molecular complexity index is 666. The van der Waals surface area contributed by atoms with E-state index in [9.17, 15) is 0 Å². The fourth-order valence-electron chi connectivity index (χ4n) is 3.37. The molecule has 1 aromatic carbocycles. The molecule has 0 nitrogen and oxygen atoms in total. The zero-order valence-corrected chi connectivity index (χ0v) is 18.1. The van der Waals surface area contributed by atoms with Gasteiger partial charge in [0.2, 0.25) is 0 Å². The van der Waals surface area contributed by atoms with Gasteiger partial charge in [0.15, 0.2) is 0 Å². The fraction of sp³-hybridized carbons (Fsp3) is 0.294. The van der Waals surface area contributed by atoms with Gasteiger partial charge >= 0.3 is 136 Å². The molecular formula is C17H18F2HfP2. The third-order valence-electron chi connectivity index (χ3n) is 4.51. The van der Waals surface area contributed by atoms with Gasteiger partial charge < -0.3 is 9.41 Å². The van der Waals surface area contributed by atoms with E-state index in [2.05, 4.69) is 55.8 Å². The van der Waals surface area contributed by atoms with Crippen molar-refractivity contribution in [1.82, 2.24) is 0 Å². The Morgan fingerprint density at radius 2 is 1.91 bits per heavy atom. The molecule has 114 valence electrons. The molecule has 0 radical (unpaired) electrons. The van der Waals surface area contributed by atoms with Crippen molar-refractivity contribution in [1.29, 1.82) is 0 Å². The van der Waals surface area contributed by atoms with Crippen LogP contribution in [0.25, 0.3) is 6.08 Å². The molecule has 3 aliphatic rings. The van der Waals surface area contributed by atoms with Crippen molar-refractivity contribution < 1.29 is 32.3 Å². The Hall–Kier alpha value is 0.0301. The summed E-state index contributed by atoms with van der Waals surface area (Å²) in [5.74, 6) is 0. The molecule has 1 fully saturated rings. The number of halogens is 2. The van der Waals surface area contributed by atoms with Gasteiger partial charge in [0.05, 0.1) is 0 Å². The molecule has 0 aromatic heterocycles. The predicted molar refractivity (Wildman–Crippen MR) is 88.5 cm³/mol. The summed E-state index contributed by atoms with van der Waals surface area (Å²) in [6.07, 6.45) is 10.2. The van der Waals surface area contributed by atoms with E-state index in [1.807, 2.05) is 8.64 Å². The van der Waals surface area contributed by atoms with Crippen LogP contribution in [0.15, 0.2) is 50.6 Å². The summed E-state index contributed by atoms with van der Waals surface area (Å²) < 4.78 is 2.76. The van der Waals surface area contributed by atoms with Gasteiger partial charge in [-0.1, -0.05) is 0 Å². The molecule has 3 unspecified atom stereocenters. The maximum absolute atomic E-state index is 2.58. The number of hydrogen-bond donors (Lipinski definition) is 0. The average molecular weight is 501 g/mol. The van der Waals surface area contributed by atoms with Gasteiger partial charge in [0.1, 0.15) is 0 Å². The number of fused-ring (bicyclic) bond motifs is 2. The number of allylic oxidation sites excluding steroid dienone is 5. The predicted octanol–water partition coefficient (Wildman–Crippen LogP) is -0.461. The van der Waals surface area contributed by atoms with E-state index in [-0.39, 0.29) is 17.0 Å². The molecule has 0 bridgehead atoms. The Morgan fingerprint density at radius 3 is 2.73 bits per heavy atom. The first-order valence-corrected chi connectivity index (χ1v) is 15.5. The van der Waals surface area contributed by atoms with Crippen LogP contribution in [0.2, 0.25) is 0 Å². The molecule has 0 N–H and O–H groups in total. The summed E-state index contributed by atoms with van der Waals surface area (Å²) in [6.45, 7) is 5.06. The molecule has 1 heterocycles. The van der Waals surface area contributed by atoms with E-state index < -0.39 is 22.9 Å². The topological polar surface area (TPSA) is 0 Å². The molecule has 0 amide bonds. The molecule has 4 rings (SSSR count). The van der Waals surface area contributed by atoms with Gasteiger partial charge in [-0.25, -0.2) is 0 Å². The van der Waals surface area contributed by atoms with E-state index in [1.165, 1.54) is 18.1 Å². The summed E-state index contributed by atoms with van der Waals surface area (Å²) in [5, 5.41) is 1.90. The van der Waals surface area contributed by atoms with Crippen LogP contribution < -0.4 is 9.41 Å². The summed E-state index contributed by atoms with van der Waals surface area (Å²) in [6, 6.07) is 9.02. The van der Waals surface area contributed by atoms with Crippen LogP contribution in [-0.4, -0.2) is 19.5 Å². The van der Waals surface area contributed by atoms with Crippen LogP contribution in [0.4, 0.5) is 0 Å². The van der Waals surface area contributed by atoms with Crippen LogP contribution in [0, 0.1) is 0 Å². The molecule has 0 saturated carbocycles. The van der Waals surface area contributed by atoms with Gasteiger partial charge in [-0.2, -0.15) is 0 Å². The molecule has 1 saturated heterocycles. The van der Waals surface area contributed by atoms with Crippen LogP contribution in [0.3, 0.4) is 0 Å². The summed E-state index contributed by atoms with van der Waals surface area (Å²) in [4.78, 5) is 0. The van der Waals surface area contributed by atoms with Crippen molar-refractivity contribution in [3.8, 4) is 0 Å². The molecule has 1 aromatic rings. The van der Waals surface area contributed by atoms with E-state index in [1.54, 1.807) is 11.1 Å². The van der Waals surface area contributed by atoms with Gasteiger partial charge in [0, 0.05) is 0 Å². The minimum Gasteiger partial charge on any atom is -1.00 e. The zero-order chi connectivity index (χ0) is 13.7. The first-order valence-electron chi connectivity index (χ1n) is 7.15. The monoisotopic (exact) mass is 502 g/mol. The second kappa shape index (κ2) is 7.29. The number of hydrogen-bond acceptors (Lipinski definition) is 0. The summed E-state index contributed by atoms with van der Waals surface area (Å²) >= 11 is -0.754. The largest absolute Gasteiger partial charge is 1.00 e. The van der Waals surface area contributed by atoms with E-state index >= 15 is 0 Å². The summed E-state index contributed by atoms with van der Waals surface area (Å²) in [7, 11) is 0.502. The molecule has 2 aliphatic carbocycles. The Labute approximate surface area is 144 Å². The molecular weight excluding hydrogens is 483 g/mol. The van der Waals surface area contributed by atoms with Crippen molar-refractivity contribution in [2.45, 2.75) is 10.1 Å². The smallest absolute Gasteiger partial charge is 1.00 e. The van der Waals surface area contributed by atoms with Crippen LogP contribution in [0.5, 0.6) is 0 Å². The van der Waals surface area contributed by atoms with Crippen molar-refractivity contribution in [2.75, 3.05) is 19.5 Å². The first-order chi connectivity index (χ1) is 9.74. The second-order valence-corrected chi connectivity index (χ2v) is 18.1. The van der Waals surface area contributed by atoms with Gasteiger partial charge in [-0.3, -0.25) is 0 Å². The number of rotatable bonds is 2. The van der Waals surface area contributed by atoms with Crippen molar-refractivity contribution >= 4 is 21.3 Å². The SMILES string of the molecule is CP1CC2=CC[C]([Hf+2][CH]3C=Cc4ccccc43)=C2P1C.[F-].[F-].